The number of nitrogens with zero attached hydrogens (tertiary/aromatic N) is 5. The number of piperazine rings is 1. The molecule has 0 aliphatic carbocycles. The highest BCUT2D eigenvalue weighted by atomic mass is 16.6. The zero-order valence-corrected chi connectivity index (χ0v) is 15.2. The van der Waals surface area contributed by atoms with E-state index >= 15 is 0 Å². The van der Waals surface area contributed by atoms with E-state index in [-0.39, 0.29) is 4.92 Å². The lowest BCUT2D eigenvalue weighted by molar-refractivity contribution is -0.523. The Morgan fingerprint density at radius 1 is 1.15 bits per heavy atom. The van der Waals surface area contributed by atoms with E-state index in [4.69, 9.17) is 0 Å². The van der Waals surface area contributed by atoms with Crippen LogP contribution in [0.2, 0.25) is 0 Å². The van der Waals surface area contributed by atoms with Crippen molar-refractivity contribution in [2.45, 2.75) is 32.0 Å². The zero-order chi connectivity index (χ0) is 18.5. The summed E-state index contributed by atoms with van der Waals surface area (Å²) in [5.41, 5.74) is 1.96. The number of aromatic nitrogens is 2. The van der Waals surface area contributed by atoms with Crippen molar-refractivity contribution < 1.29 is 10.0 Å². The molecule has 0 radical (unpaired) electrons. The van der Waals surface area contributed by atoms with Gasteiger partial charge >= 0.3 is 0 Å². The Hall–Kier alpha value is -2.03. The van der Waals surface area contributed by atoms with E-state index in [2.05, 4.69) is 14.8 Å². The lowest BCUT2D eigenvalue weighted by Crippen LogP contribution is -2.51. The van der Waals surface area contributed by atoms with E-state index in [1.165, 1.54) is 0 Å². The Kier molecular flexibility index (Phi) is 6.18. The molecule has 0 amide bonds. The molecule has 1 saturated heterocycles. The maximum Gasteiger partial charge on any atom is 0.225 e. The average molecular weight is 361 g/mol. The first-order valence-corrected chi connectivity index (χ1v) is 9.23. The molecule has 8 nitrogen and oxygen atoms in total. The summed E-state index contributed by atoms with van der Waals surface area (Å²) in [7, 11) is 0. The Morgan fingerprint density at radius 3 is 2.46 bits per heavy atom. The van der Waals surface area contributed by atoms with Gasteiger partial charge in [-0.1, -0.05) is 19.1 Å². The molecule has 0 saturated carbocycles. The molecule has 2 unspecified atom stereocenters. The van der Waals surface area contributed by atoms with Gasteiger partial charge in [-0.05, 0) is 12.1 Å². The minimum atomic E-state index is -0.485. The summed E-state index contributed by atoms with van der Waals surface area (Å²) >= 11 is 0. The second-order valence-corrected chi connectivity index (χ2v) is 6.99. The lowest BCUT2D eigenvalue weighted by atomic mass is 10.2. The molecule has 142 valence electrons. The third-order valence-electron chi connectivity index (χ3n) is 5.11. The van der Waals surface area contributed by atoms with Crippen LogP contribution in [0.25, 0.3) is 11.0 Å². The van der Waals surface area contributed by atoms with Crippen molar-refractivity contribution in [3.05, 3.63) is 40.7 Å². The number of para-hydroxylation sites is 2. The predicted molar refractivity (Wildman–Crippen MR) is 99.7 cm³/mol. The second kappa shape index (κ2) is 8.57. The fraction of sp³-hybridized carbons (Fsp3) is 0.611. The molecule has 1 N–H and O–H groups in total. The zero-order valence-electron chi connectivity index (χ0n) is 15.2. The topological polar surface area (TPSA) is 87.7 Å². The van der Waals surface area contributed by atoms with E-state index in [9.17, 15) is 15.2 Å². The molecular formula is C18H27N5O3. The smallest absolute Gasteiger partial charge is 0.225 e. The van der Waals surface area contributed by atoms with Crippen LogP contribution >= 0.6 is 0 Å². The number of aliphatic hydroxyl groups excluding tert-OH is 1. The van der Waals surface area contributed by atoms with Crippen LogP contribution in [0.1, 0.15) is 13.3 Å². The molecule has 26 heavy (non-hydrogen) atoms. The number of benzene rings is 1. The summed E-state index contributed by atoms with van der Waals surface area (Å²) in [6.45, 7) is 6.77. The normalized spacial score (nSPS) is 18.8. The summed E-state index contributed by atoms with van der Waals surface area (Å²) < 4.78 is 1.99. The average Bonchev–Trinajstić information content (AvgIpc) is 3.03. The molecule has 1 aromatic carbocycles. The molecule has 2 atom stereocenters. The quantitative estimate of drug-likeness (QED) is 0.559. The third kappa shape index (κ3) is 4.57. The van der Waals surface area contributed by atoms with Gasteiger partial charge in [-0.3, -0.25) is 19.9 Å². The first-order chi connectivity index (χ1) is 12.6. The monoisotopic (exact) mass is 361 g/mol. The number of aliphatic hydroxyl groups is 1. The first-order valence-electron chi connectivity index (χ1n) is 9.23. The van der Waals surface area contributed by atoms with E-state index in [1.807, 2.05) is 35.8 Å². The van der Waals surface area contributed by atoms with Gasteiger partial charge in [0.1, 0.15) is 0 Å². The van der Waals surface area contributed by atoms with Gasteiger partial charge in [-0.2, -0.15) is 0 Å². The molecule has 8 heteroatoms. The van der Waals surface area contributed by atoms with Crippen molar-refractivity contribution in [2.24, 2.45) is 0 Å². The first kappa shape index (κ1) is 18.8. The predicted octanol–water partition coefficient (Wildman–Crippen LogP) is 1.07. The van der Waals surface area contributed by atoms with E-state index in [0.717, 1.165) is 37.2 Å². The van der Waals surface area contributed by atoms with E-state index < -0.39 is 12.1 Å². The van der Waals surface area contributed by atoms with Crippen LogP contribution in [-0.2, 0) is 6.54 Å². The van der Waals surface area contributed by atoms with Crippen molar-refractivity contribution in [2.75, 3.05) is 39.3 Å². The molecule has 0 bridgehead atoms. The second-order valence-electron chi connectivity index (χ2n) is 6.99. The molecule has 0 spiro atoms. The van der Waals surface area contributed by atoms with Crippen molar-refractivity contribution in [1.29, 1.82) is 0 Å². The highest BCUT2D eigenvalue weighted by molar-refractivity contribution is 5.74. The number of fused-ring (bicyclic) bond motifs is 1. The van der Waals surface area contributed by atoms with Gasteiger partial charge in [0.25, 0.3) is 0 Å². The van der Waals surface area contributed by atoms with Gasteiger partial charge in [0, 0.05) is 44.1 Å². The number of hydrogen-bond acceptors (Lipinski definition) is 6. The molecule has 1 aliphatic heterocycles. The van der Waals surface area contributed by atoms with Crippen molar-refractivity contribution in [3.8, 4) is 0 Å². The molecular weight excluding hydrogens is 334 g/mol. The van der Waals surface area contributed by atoms with Crippen LogP contribution in [0, 0.1) is 10.1 Å². The number of imidazole rings is 1. The van der Waals surface area contributed by atoms with Crippen LogP contribution < -0.4 is 0 Å². The highest BCUT2D eigenvalue weighted by Crippen LogP contribution is 2.13. The Balaban J connectivity index is 1.46. The van der Waals surface area contributed by atoms with Gasteiger partial charge in [0.15, 0.2) is 0 Å². The molecule has 1 aromatic heterocycles. The minimum absolute atomic E-state index is 0.175. The fourth-order valence-electron chi connectivity index (χ4n) is 3.54. The van der Waals surface area contributed by atoms with Gasteiger partial charge in [-0.15, -0.1) is 0 Å². The van der Waals surface area contributed by atoms with Gasteiger partial charge in [0.2, 0.25) is 6.04 Å². The van der Waals surface area contributed by atoms with Crippen molar-refractivity contribution >= 4 is 11.0 Å². The summed E-state index contributed by atoms with van der Waals surface area (Å²) in [6, 6.07) is 7.42. The Labute approximate surface area is 153 Å². The lowest BCUT2D eigenvalue weighted by Gasteiger charge is -2.35. The van der Waals surface area contributed by atoms with Crippen LogP contribution in [0.15, 0.2) is 30.6 Å². The maximum atomic E-state index is 11.0. The minimum Gasteiger partial charge on any atom is -0.390 e. The van der Waals surface area contributed by atoms with Gasteiger partial charge < -0.3 is 9.67 Å². The summed E-state index contributed by atoms with van der Waals surface area (Å²) in [5.74, 6) is 0. The summed E-state index contributed by atoms with van der Waals surface area (Å²) in [4.78, 5) is 19.6. The maximum absolute atomic E-state index is 11.0. The molecule has 2 aromatic rings. The fourth-order valence-corrected chi connectivity index (χ4v) is 3.54. The van der Waals surface area contributed by atoms with Crippen LogP contribution in [0.3, 0.4) is 0 Å². The standard InChI is InChI=1S/C18H27N5O3/c1-2-15(23(25)26)11-20-7-9-21(10-8-20)12-16(24)13-22-14-19-17-5-3-4-6-18(17)22/h3-6,14-16,24H,2,7-13H2,1H3. The van der Waals surface area contributed by atoms with Gasteiger partial charge in [-0.25, -0.2) is 4.98 Å². The SMILES string of the molecule is CCC(CN1CCN(CC(O)Cn2cnc3ccccc32)CC1)[N+](=O)[O-]. The largest absolute Gasteiger partial charge is 0.390 e. The van der Waals surface area contributed by atoms with Crippen LogP contribution in [0.5, 0.6) is 0 Å². The van der Waals surface area contributed by atoms with Crippen molar-refractivity contribution in [3.63, 3.8) is 0 Å². The molecule has 2 heterocycles. The molecule has 1 fully saturated rings. The Morgan fingerprint density at radius 2 is 1.81 bits per heavy atom. The van der Waals surface area contributed by atoms with E-state index in [1.54, 1.807) is 6.33 Å². The number of β-amino-alcohol motifs (C(OH)–C–C–N with tert-alkyl or cyclic N) is 1. The molecule has 1 aliphatic rings. The number of hydrogen-bond donors (Lipinski definition) is 1. The Bertz CT molecular complexity index is 726. The molecule has 3 rings (SSSR count). The third-order valence-corrected chi connectivity index (χ3v) is 5.11. The van der Waals surface area contributed by atoms with Gasteiger partial charge in [0.05, 0.1) is 36.6 Å². The summed E-state index contributed by atoms with van der Waals surface area (Å²) in [6.07, 6.45) is 1.86. The van der Waals surface area contributed by atoms with Crippen LogP contribution in [-0.4, -0.2) is 80.8 Å². The summed E-state index contributed by atoms with van der Waals surface area (Å²) in [5, 5.41) is 21.4. The van der Waals surface area contributed by atoms with E-state index in [0.29, 0.717) is 26.1 Å². The highest BCUT2D eigenvalue weighted by Gasteiger charge is 2.25. The number of rotatable bonds is 8. The van der Waals surface area contributed by atoms with Crippen LogP contribution in [0.4, 0.5) is 0 Å². The van der Waals surface area contributed by atoms with Crippen molar-refractivity contribution in [1.82, 2.24) is 19.4 Å². The number of nitro groups is 1.